The van der Waals surface area contributed by atoms with Crippen molar-refractivity contribution in [1.82, 2.24) is 25.1 Å². The second kappa shape index (κ2) is 15.3. The van der Waals surface area contributed by atoms with Gasteiger partial charge in [-0.25, -0.2) is 0 Å². The smallest absolute Gasteiger partial charge is 0.325 e. The van der Waals surface area contributed by atoms with E-state index in [2.05, 4.69) is 20.8 Å². The number of rotatable bonds is 12. The van der Waals surface area contributed by atoms with E-state index in [4.69, 9.17) is 9.47 Å². The normalized spacial score (nSPS) is 11.0. The van der Waals surface area contributed by atoms with Gasteiger partial charge in [-0.3, -0.25) is 24.0 Å². The Balaban J connectivity index is 1.87. The van der Waals surface area contributed by atoms with Gasteiger partial charge in [0, 0.05) is 54.4 Å². The number of aromatic nitrogens is 4. The van der Waals surface area contributed by atoms with Gasteiger partial charge in [0.1, 0.15) is 18.6 Å². The number of amides is 2. The van der Waals surface area contributed by atoms with Crippen LogP contribution < -0.4 is 10.2 Å². The summed E-state index contributed by atoms with van der Waals surface area (Å²) in [5.74, 6) is -2.38. The van der Waals surface area contributed by atoms with Gasteiger partial charge in [-0.1, -0.05) is 6.07 Å². The molecule has 1 N–H and O–H groups in total. The molecule has 0 atom stereocenters. The molecule has 0 aliphatic rings. The highest BCUT2D eigenvalue weighted by Gasteiger charge is 2.24. The molecule has 0 saturated carbocycles. The van der Waals surface area contributed by atoms with Crippen LogP contribution in [0.15, 0.2) is 47.6 Å². The van der Waals surface area contributed by atoms with Crippen molar-refractivity contribution < 1.29 is 33.4 Å². The first-order valence-electron chi connectivity index (χ1n) is 14.1. The van der Waals surface area contributed by atoms with Gasteiger partial charge < -0.3 is 24.6 Å². The molecular formula is C30H37N7O7S. The van der Waals surface area contributed by atoms with Crippen molar-refractivity contribution in [3.63, 3.8) is 0 Å². The summed E-state index contributed by atoms with van der Waals surface area (Å²) in [4.78, 5) is 66.7. The SMILES string of the molecule is CCN(CC)C(=O)Sc1nnnn1-c1cccc(NC(=O)c2ccc(N(C)CC(=O)OC)c(C(=O)CC(=O)OC(C)(C)C)c2)c1. The summed E-state index contributed by atoms with van der Waals surface area (Å²) in [5.41, 5.74) is 0.623. The van der Waals surface area contributed by atoms with Crippen molar-refractivity contribution in [3.05, 3.63) is 53.6 Å². The first-order valence-corrected chi connectivity index (χ1v) is 14.9. The van der Waals surface area contributed by atoms with Crippen molar-refractivity contribution in [2.75, 3.05) is 44.0 Å². The van der Waals surface area contributed by atoms with E-state index in [1.165, 1.54) is 34.9 Å². The lowest BCUT2D eigenvalue weighted by atomic mass is 10.0. The lowest BCUT2D eigenvalue weighted by Gasteiger charge is -2.22. The number of ketones is 1. The molecule has 14 nitrogen and oxygen atoms in total. The number of methoxy groups -OCH3 is 1. The fourth-order valence-electron chi connectivity index (χ4n) is 4.13. The Kier molecular flexibility index (Phi) is 11.8. The van der Waals surface area contributed by atoms with Crippen LogP contribution in [0, 0.1) is 0 Å². The van der Waals surface area contributed by atoms with E-state index < -0.39 is 35.7 Å². The summed E-state index contributed by atoms with van der Waals surface area (Å²) in [6, 6.07) is 11.1. The summed E-state index contributed by atoms with van der Waals surface area (Å²) in [6.07, 6.45) is -0.563. The Morgan fingerprint density at radius 3 is 2.36 bits per heavy atom. The van der Waals surface area contributed by atoms with E-state index in [-0.39, 0.29) is 28.1 Å². The molecule has 15 heteroatoms. The quantitative estimate of drug-likeness (QED) is 0.131. The van der Waals surface area contributed by atoms with E-state index in [1.54, 1.807) is 57.0 Å². The van der Waals surface area contributed by atoms with Crippen molar-refractivity contribution >= 4 is 52.0 Å². The molecule has 3 aromatic rings. The Labute approximate surface area is 265 Å². The van der Waals surface area contributed by atoms with Gasteiger partial charge in [0.25, 0.3) is 11.1 Å². The molecule has 0 aliphatic heterocycles. The van der Waals surface area contributed by atoms with Crippen LogP contribution in [0.3, 0.4) is 0 Å². The van der Waals surface area contributed by atoms with Crippen LogP contribution in [0.1, 0.15) is 61.8 Å². The average Bonchev–Trinajstić information content (AvgIpc) is 3.44. The number of tetrazole rings is 1. The van der Waals surface area contributed by atoms with Gasteiger partial charge >= 0.3 is 11.9 Å². The zero-order valence-corrected chi connectivity index (χ0v) is 27.1. The van der Waals surface area contributed by atoms with E-state index in [9.17, 15) is 24.0 Å². The predicted molar refractivity (Wildman–Crippen MR) is 168 cm³/mol. The second-order valence-corrected chi connectivity index (χ2v) is 11.7. The third kappa shape index (κ3) is 9.60. The largest absolute Gasteiger partial charge is 0.468 e. The number of nitrogens with zero attached hydrogens (tertiary/aromatic N) is 6. The third-order valence-electron chi connectivity index (χ3n) is 6.28. The van der Waals surface area contributed by atoms with Crippen LogP contribution in [-0.2, 0) is 19.1 Å². The molecule has 2 amide bonds. The Morgan fingerprint density at radius 2 is 1.71 bits per heavy atom. The second-order valence-electron chi connectivity index (χ2n) is 10.8. The van der Waals surface area contributed by atoms with Gasteiger partial charge in [0.2, 0.25) is 5.16 Å². The predicted octanol–water partition coefficient (Wildman–Crippen LogP) is 3.99. The van der Waals surface area contributed by atoms with E-state index in [0.717, 1.165) is 11.8 Å². The minimum absolute atomic E-state index is 0.0573. The molecule has 1 aromatic heterocycles. The molecule has 3 rings (SSSR count). The highest BCUT2D eigenvalue weighted by Crippen LogP contribution is 2.26. The van der Waals surface area contributed by atoms with Gasteiger partial charge in [0.15, 0.2) is 5.78 Å². The van der Waals surface area contributed by atoms with Crippen LogP contribution in [0.25, 0.3) is 5.69 Å². The lowest BCUT2D eigenvalue weighted by molar-refractivity contribution is -0.153. The first-order chi connectivity index (χ1) is 21.3. The fraction of sp³-hybridized carbons (Fsp3) is 0.400. The number of ether oxygens (including phenoxy) is 2. The Morgan fingerprint density at radius 1 is 1.00 bits per heavy atom. The van der Waals surface area contributed by atoms with Crippen molar-refractivity contribution in [2.45, 2.75) is 51.8 Å². The molecule has 45 heavy (non-hydrogen) atoms. The number of esters is 2. The van der Waals surface area contributed by atoms with Crippen molar-refractivity contribution in [2.24, 2.45) is 0 Å². The number of carbonyl (C=O) groups is 5. The number of benzene rings is 2. The number of hydrogen-bond acceptors (Lipinski definition) is 12. The van der Waals surface area contributed by atoms with Crippen molar-refractivity contribution in [3.8, 4) is 5.69 Å². The topological polar surface area (TPSA) is 166 Å². The number of Topliss-reactive ketones (excluding diaryl/α,β-unsaturated/α-hetero) is 1. The van der Waals surface area contributed by atoms with Crippen LogP contribution in [0.2, 0.25) is 0 Å². The summed E-state index contributed by atoms with van der Waals surface area (Å²) < 4.78 is 11.4. The zero-order valence-electron chi connectivity index (χ0n) is 26.3. The van der Waals surface area contributed by atoms with Crippen LogP contribution in [0.4, 0.5) is 16.2 Å². The first kappa shape index (κ1) is 34.7. The van der Waals surface area contributed by atoms with Gasteiger partial charge in [-0.05, 0) is 81.4 Å². The Hall–Kier alpha value is -4.79. The minimum atomic E-state index is -0.791. The van der Waals surface area contributed by atoms with E-state index in [0.29, 0.717) is 30.2 Å². The lowest BCUT2D eigenvalue weighted by Crippen LogP contribution is -2.29. The molecule has 0 spiro atoms. The summed E-state index contributed by atoms with van der Waals surface area (Å²) in [5, 5.41) is 14.5. The van der Waals surface area contributed by atoms with E-state index in [1.807, 2.05) is 13.8 Å². The monoisotopic (exact) mass is 639 g/mol. The Bertz CT molecular complexity index is 1560. The van der Waals surface area contributed by atoms with E-state index >= 15 is 0 Å². The molecule has 0 bridgehead atoms. The summed E-state index contributed by atoms with van der Waals surface area (Å²) in [7, 11) is 2.83. The minimum Gasteiger partial charge on any atom is -0.468 e. The molecule has 1 heterocycles. The highest BCUT2D eigenvalue weighted by atomic mass is 32.2. The van der Waals surface area contributed by atoms with Crippen LogP contribution in [-0.4, -0.2) is 93.4 Å². The number of nitrogens with one attached hydrogen (secondary N) is 1. The molecule has 0 aliphatic carbocycles. The maximum absolute atomic E-state index is 13.4. The molecule has 0 unspecified atom stereocenters. The van der Waals surface area contributed by atoms with Gasteiger partial charge in [0.05, 0.1) is 12.8 Å². The summed E-state index contributed by atoms with van der Waals surface area (Å²) in [6.45, 7) is 9.75. The van der Waals surface area contributed by atoms with Crippen LogP contribution >= 0.6 is 11.8 Å². The number of carbonyl (C=O) groups excluding carboxylic acids is 5. The standard InChI is InChI=1S/C30H37N7O7S/c1-8-36(9-2)29(42)45-28-32-33-34-37(28)21-12-10-11-20(16-21)31-27(41)19-13-14-23(35(6)18-26(40)43-7)22(15-19)24(38)17-25(39)44-30(3,4)5/h10-16H,8-9,17-18H2,1-7H3,(H,31,41). The fourth-order valence-corrected chi connectivity index (χ4v) is 4.98. The van der Waals surface area contributed by atoms with Crippen molar-refractivity contribution in [1.29, 1.82) is 0 Å². The molecular weight excluding hydrogens is 602 g/mol. The highest BCUT2D eigenvalue weighted by molar-refractivity contribution is 8.13. The van der Waals surface area contributed by atoms with Gasteiger partial charge in [-0.2, -0.15) is 4.68 Å². The third-order valence-corrected chi connectivity index (χ3v) is 7.15. The summed E-state index contributed by atoms with van der Waals surface area (Å²) >= 11 is 0.894. The average molecular weight is 640 g/mol. The van der Waals surface area contributed by atoms with Crippen LogP contribution in [0.5, 0.6) is 0 Å². The molecule has 240 valence electrons. The maximum atomic E-state index is 13.4. The maximum Gasteiger partial charge on any atom is 0.325 e. The molecule has 0 radical (unpaired) electrons. The number of anilines is 2. The number of likely N-dealkylation sites (N-methyl/N-ethyl adjacent to an activating group) is 1. The number of hydrogen-bond donors (Lipinski definition) is 1. The zero-order chi connectivity index (χ0) is 33.3. The molecule has 0 fully saturated rings. The molecule has 0 saturated heterocycles. The number of thioether (sulfide) groups is 1. The molecule has 2 aromatic carbocycles. The van der Waals surface area contributed by atoms with Gasteiger partial charge in [-0.15, -0.1) is 5.10 Å².